The van der Waals surface area contributed by atoms with E-state index in [2.05, 4.69) is 10.3 Å². The van der Waals surface area contributed by atoms with Crippen molar-refractivity contribution >= 4 is 11.5 Å². The van der Waals surface area contributed by atoms with Gasteiger partial charge in [0.25, 0.3) is 0 Å². The standard InChI is InChI=1S/C17H16N4O/c1-22-20-16(13-8-4-2-5-9-13)15-12-19-21(17(15)18)14-10-6-3-7-11-14/h2-12H,18H2,1H3/b20-16+. The summed E-state index contributed by atoms with van der Waals surface area (Å²) >= 11 is 0. The molecular weight excluding hydrogens is 276 g/mol. The molecule has 22 heavy (non-hydrogen) atoms. The monoisotopic (exact) mass is 292 g/mol. The van der Waals surface area contributed by atoms with E-state index in [1.807, 2.05) is 60.7 Å². The fourth-order valence-electron chi connectivity index (χ4n) is 2.26. The minimum atomic E-state index is 0.519. The molecule has 0 atom stereocenters. The van der Waals surface area contributed by atoms with Crippen LogP contribution in [0, 0.1) is 0 Å². The number of nitrogens with two attached hydrogens (primary N) is 1. The Labute approximate surface area is 128 Å². The van der Waals surface area contributed by atoms with E-state index in [-0.39, 0.29) is 0 Å². The molecule has 5 heteroatoms. The van der Waals surface area contributed by atoms with Crippen molar-refractivity contribution in [2.75, 3.05) is 12.8 Å². The van der Waals surface area contributed by atoms with Gasteiger partial charge in [0.2, 0.25) is 0 Å². The quantitative estimate of drug-likeness (QED) is 0.594. The lowest BCUT2D eigenvalue weighted by molar-refractivity contribution is 0.214. The van der Waals surface area contributed by atoms with Crippen molar-refractivity contribution in [2.24, 2.45) is 5.16 Å². The van der Waals surface area contributed by atoms with Crippen LogP contribution in [0.5, 0.6) is 0 Å². The maximum Gasteiger partial charge on any atom is 0.136 e. The normalized spacial score (nSPS) is 11.4. The van der Waals surface area contributed by atoms with E-state index >= 15 is 0 Å². The summed E-state index contributed by atoms with van der Waals surface area (Å²) in [5.41, 5.74) is 9.48. The largest absolute Gasteiger partial charge is 0.399 e. The summed E-state index contributed by atoms with van der Waals surface area (Å²) in [6, 6.07) is 19.5. The summed E-state index contributed by atoms with van der Waals surface area (Å²) in [5, 5.41) is 8.49. The Morgan fingerprint density at radius 3 is 2.32 bits per heavy atom. The van der Waals surface area contributed by atoms with Gasteiger partial charge in [-0.25, -0.2) is 4.68 Å². The van der Waals surface area contributed by atoms with Crippen molar-refractivity contribution < 1.29 is 4.84 Å². The van der Waals surface area contributed by atoms with Gasteiger partial charge in [-0.15, -0.1) is 0 Å². The lowest BCUT2D eigenvalue weighted by Crippen LogP contribution is -2.08. The van der Waals surface area contributed by atoms with E-state index < -0.39 is 0 Å². The molecule has 0 bridgehead atoms. The Kier molecular flexibility index (Phi) is 3.87. The third-order valence-electron chi connectivity index (χ3n) is 3.29. The van der Waals surface area contributed by atoms with Crippen molar-refractivity contribution in [1.29, 1.82) is 0 Å². The average Bonchev–Trinajstić information content (AvgIpc) is 2.96. The molecule has 5 nitrogen and oxygen atoms in total. The van der Waals surface area contributed by atoms with Gasteiger partial charge in [0.15, 0.2) is 0 Å². The molecule has 0 radical (unpaired) electrons. The summed E-state index contributed by atoms with van der Waals surface area (Å²) in [6.07, 6.45) is 1.70. The molecule has 0 amide bonds. The highest BCUT2D eigenvalue weighted by molar-refractivity contribution is 6.15. The molecule has 3 rings (SSSR count). The van der Waals surface area contributed by atoms with Crippen LogP contribution in [0.1, 0.15) is 11.1 Å². The first kappa shape index (κ1) is 13.9. The van der Waals surface area contributed by atoms with Crippen molar-refractivity contribution in [2.45, 2.75) is 0 Å². The van der Waals surface area contributed by atoms with Crippen molar-refractivity contribution in [3.8, 4) is 5.69 Å². The molecular formula is C17H16N4O. The zero-order valence-corrected chi connectivity index (χ0v) is 12.2. The predicted molar refractivity (Wildman–Crippen MR) is 87.1 cm³/mol. The summed E-state index contributed by atoms with van der Waals surface area (Å²) in [4.78, 5) is 4.98. The van der Waals surface area contributed by atoms with Gasteiger partial charge in [-0.2, -0.15) is 5.10 Å². The molecule has 3 aromatic rings. The Balaban J connectivity index is 2.08. The number of anilines is 1. The Morgan fingerprint density at radius 2 is 1.68 bits per heavy atom. The fourth-order valence-corrected chi connectivity index (χ4v) is 2.26. The van der Waals surface area contributed by atoms with Crippen LogP contribution in [0.15, 0.2) is 72.0 Å². The molecule has 110 valence electrons. The zero-order chi connectivity index (χ0) is 15.4. The second-order valence-electron chi connectivity index (χ2n) is 4.68. The summed E-state index contributed by atoms with van der Waals surface area (Å²) in [5.74, 6) is 0.519. The Morgan fingerprint density at radius 1 is 1.05 bits per heavy atom. The third kappa shape index (κ3) is 2.56. The number of nitrogens with zero attached hydrogens (tertiary/aromatic N) is 3. The minimum absolute atomic E-state index is 0.519. The number of hydrogen-bond acceptors (Lipinski definition) is 4. The van der Waals surface area contributed by atoms with E-state index in [1.54, 1.807) is 10.9 Å². The zero-order valence-electron chi connectivity index (χ0n) is 12.2. The van der Waals surface area contributed by atoms with Crippen molar-refractivity contribution in [3.63, 3.8) is 0 Å². The second kappa shape index (κ2) is 6.13. The number of nitrogen functional groups attached to an aromatic ring is 1. The summed E-state index contributed by atoms with van der Waals surface area (Å²) in [7, 11) is 1.51. The molecule has 0 spiro atoms. The average molecular weight is 292 g/mol. The van der Waals surface area contributed by atoms with E-state index in [9.17, 15) is 0 Å². The summed E-state index contributed by atoms with van der Waals surface area (Å²) in [6.45, 7) is 0. The lowest BCUT2D eigenvalue weighted by atomic mass is 10.1. The number of aromatic nitrogens is 2. The maximum absolute atomic E-state index is 6.27. The van der Waals surface area contributed by atoms with Crippen molar-refractivity contribution in [3.05, 3.63) is 78.0 Å². The van der Waals surface area contributed by atoms with Crippen molar-refractivity contribution in [1.82, 2.24) is 9.78 Å². The molecule has 1 aromatic heterocycles. The van der Waals surface area contributed by atoms with E-state index in [4.69, 9.17) is 10.6 Å². The third-order valence-corrected chi connectivity index (χ3v) is 3.29. The Hall–Kier alpha value is -3.08. The van der Waals surface area contributed by atoms with Crippen LogP contribution < -0.4 is 5.73 Å². The minimum Gasteiger partial charge on any atom is -0.399 e. The highest BCUT2D eigenvalue weighted by Gasteiger charge is 2.16. The smallest absolute Gasteiger partial charge is 0.136 e. The van der Waals surface area contributed by atoms with Gasteiger partial charge >= 0.3 is 0 Å². The first-order chi connectivity index (χ1) is 10.8. The fraction of sp³-hybridized carbons (Fsp3) is 0.0588. The van der Waals surface area contributed by atoms with Crippen LogP contribution in [0.4, 0.5) is 5.82 Å². The van der Waals surface area contributed by atoms with Gasteiger partial charge in [0, 0.05) is 5.56 Å². The molecule has 2 N–H and O–H groups in total. The van der Waals surface area contributed by atoms with Crippen LogP contribution in [0.25, 0.3) is 5.69 Å². The first-order valence-corrected chi connectivity index (χ1v) is 6.87. The highest BCUT2D eigenvalue weighted by atomic mass is 16.6. The lowest BCUT2D eigenvalue weighted by Gasteiger charge is -2.07. The predicted octanol–water partition coefficient (Wildman–Crippen LogP) is 2.85. The molecule has 1 heterocycles. The number of hydrogen-bond donors (Lipinski definition) is 1. The number of oxime groups is 1. The van der Waals surface area contributed by atoms with Crippen LogP contribution in [0.2, 0.25) is 0 Å². The maximum atomic E-state index is 6.27. The van der Waals surface area contributed by atoms with Crippen LogP contribution in [-0.2, 0) is 4.84 Å². The van der Waals surface area contributed by atoms with Gasteiger partial charge in [-0.05, 0) is 12.1 Å². The molecule has 0 saturated heterocycles. The molecule has 0 aliphatic rings. The number of para-hydroxylation sites is 1. The topological polar surface area (TPSA) is 65.4 Å². The first-order valence-electron chi connectivity index (χ1n) is 6.87. The van der Waals surface area contributed by atoms with Gasteiger partial charge < -0.3 is 10.6 Å². The molecule has 0 aliphatic heterocycles. The molecule has 0 saturated carbocycles. The van der Waals surface area contributed by atoms with E-state index in [0.717, 1.165) is 16.8 Å². The van der Waals surface area contributed by atoms with Crippen LogP contribution in [0.3, 0.4) is 0 Å². The molecule has 0 fully saturated rings. The number of benzene rings is 2. The highest BCUT2D eigenvalue weighted by Crippen LogP contribution is 2.21. The Bertz CT molecular complexity index is 779. The molecule has 0 unspecified atom stereocenters. The van der Waals surface area contributed by atoms with Gasteiger partial charge in [-0.1, -0.05) is 53.7 Å². The molecule has 0 aliphatic carbocycles. The van der Waals surface area contributed by atoms with E-state index in [0.29, 0.717) is 11.5 Å². The van der Waals surface area contributed by atoms with Gasteiger partial charge in [0.05, 0.1) is 17.4 Å². The van der Waals surface area contributed by atoms with Gasteiger partial charge in [0.1, 0.15) is 18.6 Å². The van der Waals surface area contributed by atoms with Gasteiger partial charge in [-0.3, -0.25) is 0 Å². The second-order valence-corrected chi connectivity index (χ2v) is 4.68. The van der Waals surface area contributed by atoms with E-state index in [1.165, 1.54) is 7.11 Å². The SMILES string of the molecule is CO/N=C(\c1ccccc1)c1cnn(-c2ccccc2)c1N. The number of rotatable bonds is 4. The molecule has 2 aromatic carbocycles. The van der Waals surface area contributed by atoms with Crippen LogP contribution in [-0.4, -0.2) is 22.6 Å². The van der Waals surface area contributed by atoms with Crippen LogP contribution >= 0.6 is 0 Å². The summed E-state index contributed by atoms with van der Waals surface area (Å²) < 4.78 is 1.68.